The molecule has 1 aromatic rings. The maximum Gasteiger partial charge on any atom is 0.409 e. The first-order valence-corrected chi connectivity index (χ1v) is 7.50. The van der Waals surface area contributed by atoms with Crippen LogP contribution >= 0.6 is 0 Å². The van der Waals surface area contributed by atoms with Gasteiger partial charge in [0, 0.05) is 38.8 Å². The number of nitrogens with zero attached hydrogens (tertiary/aromatic N) is 3. The van der Waals surface area contributed by atoms with Gasteiger partial charge in [-0.1, -0.05) is 6.07 Å². The minimum absolute atomic E-state index is 0.0323. The highest BCUT2D eigenvalue weighted by Crippen LogP contribution is 2.28. The summed E-state index contributed by atoms with van der Waals surface area (Å²) in [4.78, 5) is 26.1. The lowest BCUT2D eigenvalue weighted by Gasteiger charge is -2.34. The Labute approximate surface area is 134 Å². The topological polar surface area (TPSA) is 85.2 Å². The van der Waals surface area contributed by atoms with Gasteiger partial charge < -0.3 is 14.4 Å². The van der Waals surface area contributed by atoms with Gasteiger partial charge in [0.1, 0.15) is 0 Å². The number of amides is 1. The molecule has 1 aromatic carbocycles. The molecule has 0 bridgehead atoms. The summed E-state index contributed by atoms with van der Waals surface area (Å²) in [7, 11) is 1.41. The van der Waals surface area contributed by atoms with Crippen LogP contribution in [0.4, 0.5) is 10.5 Å². The summed E-state index contributed by atoms with van der Waals surface area (Å²) in [5.41, 5.74) is 0.817. The zero-order chi connectivity index (χ0) is 16.8. The summed E-state index contributed by atoms with van der Waals surface area (Å²) in [5, 5.41) is 11.1. The number of carbonyl (C=O) groups is 1. The van der Waals surface area contributed by atoms with Crippen molar-refractivity contribution in [1.82, 2.24) is 9.80 Å². The maximum absolute atomic E-state index is 11.6. The number of nitro benzene ring substituents is 1. The molecule has 0 radical (unpaired) electrons. The monoisotopic (exact) mass is 323 g/mol. The number of methoxy groups -OCH3 is 1. The predicted molar refractivity (Wildman–Crippen MR) is 83.5 cm³/mol. The van der Waals surface area contributed by atoms with Gasteiger partial charge in [0.05, 0.1) is 18.6 Å². The molecular formula is C15H21N3O5. The van der Waals surface area contributed by atoms with E-state index >= 15 is 0 Å². The van der Waals surface area contributed by atoms with E-state index in [2.05, 4.69) is 4.90 Å². The zero-order valence-corrected chi connectivity index (χ0v) is 13.4. The molecule has 2 rings (SSSR count). The molecule has 8 heteroatoms. The maximum atomic E-state index is 11.6. The van der Waals surface area contributed by atoms with E-state index in [0.717, 1.165) is 5.56 Å². The lowest BCUT2D eigenvalue weighted by molar-refractivity contribution is -0.385. The van der Waals surface area contributed by atoms with E-state index in [0.29, 0.717) is 39.3 Å². The van der Waals surface area contributed by atoms with Crippen molar-refractivity contribution in [2.24, 2.45) is 0 Å². The smallest absolute Gasteiger partial charge is 0.409 e. The highest BCUT2D eigenvalue weighted by atomic mass is 16.6. The van der Waals surface area contributed by atoms with Crippen molar-refractivity contribution >= 4 is 11.8 Å². The van der Waals surface area contributed by atoms with Crippen molar-refractivity contribution in [3.63, 3.8) is 0 Å². The number of ether oxygens (including phenoxy) is 2. The van der Waals surface area contributed by atoms with Crippen LogP contribution in [-0.4, -0.2) is 60.7 Å². The second-order valence-electron chi connectivity index (χ2n) is 5.23. The van der Waals surface area contributed by atoms with Crippen molar-refractivity contribution in [1.29, 1.82) is 0 Å². The molecule has 1 fully saturated rings. The largest absolute Gasteiger partial charge is 0.490 e. The van der Waals surface area contributed by atoms with Crippen LogP contribution < -0.4 is 4.74 Å². The van der Waals surface area contributed by atoms with Gasteiger partial charge in [-0.2, -0.15) is 0 Å². The molecule has 0 saturated carbocycles. The van der Waals surface area contributed by atoms with E-state index in [1.54, 1.807) is 17.9 Å². The molecule has 1 aliphatic rings. The van der Waals surface area contributed by atoms with E-state index < -0.39 is 4.92 Å². The minimum atomic E-state index is -0.443. The van der Waals surface area contributed by atoms with Crippen LogP contribution in [0.1, 0.15) is 12.5 Å². The van der Waals surface area contributed by atoms with Gasteiger partial charge in [0.2, 0.25) is 0 Å². The Bertz CT molecular complexity index is 570. The molecule has 0 aromatic heterocycles. The normalized spacial score (nSPS) is 15.3. The lowest BCUT2D eigenvalue weighted by Crippen LogP contribution is -2.48. The molecule has 126 valence electrons. The summed E-state index contributed by atoms with van der Waals surface area (Å²) in [6, 6.07) is 4.97. The second kappa shape index (κ2) is 7.77. The SMILES string of the molecule is CCOC(=O)N1CCN(Cc2ccc(OC)c([N+](=O)[O-])c2)CC1. The number of hydrogen-bond donors (Lipinski definition) is 0. The molecular weight excluding hydrogens is 302 g/mol. The molecule has 0 spiro atoms. The number of benzene rings is 1. The Kier molecular flexibility index (Phi) is 5.75. The van der Waals surface area contributed by atoms with Crippen molar-refractivity contribution < 1.29 is 19.2 Å². The van der Waals surface area contributed by atoms with Gasteiger partial charge >= 0.3 is 11.8 Å². The fraction of sp³-hybridized carbons (Fsp3) is 0.533. The average molecular weight is 323 g/mol. The third kappa shape index (κ3) is 4.32. The summed E-state index contributed by atoms with van der Waals surface area (Å²) >= 11 is 0. The van der Waals surface area contributed by atoms with Gasteiger partial charge in [0.15, 0.2) is 5.75 Å². The standard InChI is InChI=1S/C15H21N3O5/c1-3-23-15(19)17-8-6-16(7-9-17)11-12-4-5-14(22-2)13(10-12)18(20)21/h4-5,10H,3,6-9,11H2,1-2H3. The molecule has 0 unspecified atom stereocenters. The number of rotatable bonds is 5. The van der Waals surface area contributed by atoms with Crippen molar-refractivity contribution in [3.8, 4) is 5.75 Å². The first-order valence-electron chi connectivity index (χ1n) is 7.50. The molecule has 1 aliphatic heterocycles. The summed E-state index contributed by atoms with van der Waals surface area (Å²) < 4.78 is 9.98. The number of hydrogen-bond acceptors (Lipinski definition) is 6. The van der Waals surface area contributed by atoms with E-state index in [4.69, 9.17) is 9.47 Å². The Morgan fingerprint density at radius 2 is 2.00 bits per heavy atom. The van der Waals surface area contributed by atoms with Crippen LogP contribution in [0.5, 0.6) is 5.75 Å². The first kappa shape index (κ1) is 17.0. The third-order valence-corrected chi connectivity index (χ3v) is 3.74. The molecule has 0 atom stereocenters. The molecule has 0 aliphatic carbocycles. The summed E-state index contributed by atoms with van der Waals surface area (Å²) in [6.45, 7) is 5.35. The van der Waals surface area contributed by atoms with Gasteiger partial charge in [-0.25, -0.2) is 4.79 Å². The third-order valence-electron chi connectivity index (χ3n) is 3.74. The van der Waals surface area contributed by atoms with Crippen molar-refractivity contribution in [2.75, 3.05) is 39.9 Å². The fourth-order valence-corrected chi connectivity index (χ4v) is 2.54. The average Bonchev–Trinajstić information content (AvgIpc) is 2.55. The van der Waals surface area contributed by atoms with Crippen molar-refractivity contribution in [2.45, 2.75) is 13.5 Å². The number of nitro groups is 1. The van der Waals surface area contributed by atoms with E-state index in [9.17, 15) is 14.9 Å². The molecule has 1 heterocycles. The van der Waals surface area contributed by atoms with Crippen LogP contribution in [0.25, 0.3) is 0 Å². The highest BCUT2D eigenvalue weighted by molar-refractivity contribution is 5.67. The Hall–Kier alpha value is -2.35. The highest BCUT2D eigenvalue weighted by Gasteiger charge is 2.23. The van der Waals surface area contributed by atoms with Crippen LogP contribution in [0.3, 0.4) is 0 Å². The summed E-state index contributed by atoms with van der Waals surface area (Å²) in [6.07, 6.45) is -0.285. The van der Waals surface area contributed by atoms with Gasteiger partial charge in [0.25, 0.3) is 0 Å². The van der Waals surface area contributed by atoms with Crippen LogP contribution in [0.15, 0.2) is 18.2 Å². The van der Waals surface area contributed by atoms with Crippen LogP contribution in [0.2, 0.25) is 0 Å². The van der Waals surface area contributed by atoms with Crippen molar-refractivity contribution in [3.05, 3.63) is 33.9 Å². The van der Waals surface area contributed by atoms with Gasteiger partial charge in [-0.05, 0) is 18.6 Å². The van der Waals surface area contributed by atoms with Crippen LogP contribution in [-0.2, 0) is 11.3 Å². The number of piperazine rings is 1. The lowest BCUT2D eigenvalue weighted by atomic mass is 10.1. The molecule has 8 nitrogen and oxygen atoms in total. The molecule has 1 amide bonds. The van der Waals surface area contributed by atoms with E-state index in [1.165, 1.54) is 13.2 Å². The van der Waals surface area contributed by atoms with E-state index in [-0.39, 0.29) is 17.5 Å². The fourth-order valence-electron chi connectivity index (χ4n) is 2.54. The summed E-state index contributed by atoms with van der Waals surface area (Å²) in [5.74, 6) is 0.255. The minimum Gasteiger partial charge on any atom is -0.490 e. The van der Waals surface area contributed by atoms with Gasteiger partial charge in [-0.15, -0.1) is 0 Å². The van der Waals surface area contributed by atoms with Crippen LogP contribution in [0, 0.1) is 10.1 Å². The quantitative estimate of drug-likeness (QED) is 0.607. The number of carbonyl (C=O) groups excluding carboxylic acids is 1. The Morgan fingerprint density at radius 3 is 2.57 bits per heavy atom. The Morgan fingerprint density at radius 1 is 1.30 bits per heavy atom. The molecule has 1 saturated heterocycles. The first-order chi connectivity index (χ1) is 11.0. The molecule has 23 heavy (non-hydrogen) atoms. The van der Waals surface area contributed by atoms with Gasteiger partial charge in [-0.3, -0.25) is 15.0 Å². The van der Waals surface area contributed by atoms with E-state index in [1.807, 2.05) is 6.07 Å². The zero-order valence-electron chi connectivity index (χ0n) is 13.4. The Balaban J connectivity index is 1.95. The second-order valence-corrected chi connectivity index (χ2v) is 5.23. The predicted octanol–water partition coefficient (Wildman–Crippen LogP) is 1.88. The molecule has 0 N–H and O–H groups in total.